The molecule has 0 unspecified atom stereocenters. The first-order valence-electron chi connectivity index (χ1n) is 10.8. The van der Waals surface area contributed by atoms with E-state index in [9.17, 15) is 23.5 Å². The van der Waals surface area contributed by atoms with Crippen molar-refractivity contribution in [3.63, 3.8) is 0 Å². The molecule has 0 aromatic carbocycles. The molecule has 3 heterocycles. The van der Waals surface area contributed by atoms with Gasteiger partial charge >= 0.3 is 0 Å². The van der Waals surface area contributed by atoms with Crippen molar-refractivity contribution in [2.24, 2.45) is 0 Å². The molecule has 0 aromatic heterocycles. The maximum Gasteiger partial charge on any atom is 0.248 e. The SMILES string of the molecule is CC(=O)NCCC(=O)N1C[C@@H]2C[C@@H](O)CN2C2(C1)CN(C1CCC(F)(F)CC1)C2. The van der Waals surface area contributed by atoms with Gasteiger partial charge in [-0.2, -0.15) is 0 Å². The maximum atomic E-state index is 13.5. The molecule has 3 aliphatic heterocycles. The highest BCUT2D eigenvalue weighted by atomic mass is 19.3. The molecule has 2 atom stereocenters. The number of halogens is 2. The highest BCUT2D eigenvalue weighted by Gasteiger charge is 2.58. The van der Waals surface area contributed by atoms with Gasteiger partial charge in [-0.25, -0.2) is 8.78 Å². The van der Waals surface area contributed by atoms with Crippen LogP contribution in [0.3, 0.4) is 0 Å². The van der Waals surface area contributed by atoms with Gasteiger partial charge in [0.2, 0.25) is 17.7 Å². The van der Waals surface area contributed by atoms with E-state index in [0.29, 0.717) is 45.4 Å². The molecule has 1 spiro atoms. The van der Waals surface area contributed by atoms with Gasteiger partial charge in [-0.3, -0.25) is 19.4 Å². The number of β-amino-alcohol motifs (C(OH)–C–C–N with tert-alkyl or cyclic N) is 1. The number of carbonyl (C=O) groups is 2. The molecule has 9 heteroatoms. The predicted octanol–water partition coefficient (Wildman–Crippen LogP) is 0.422. The van der Waals surface area contributed by atoms with Crippen LogP contribution in [0.25, 0.3) is 0 Å². The lowest BCUT2D eigenvalue weighted by Crippen LogP contribution is -2.79. The van der Waals surface area contributed by atoms with E-state index in [2.05, 4.69) is 15.1 Å². The first kappa shape index (κ1) is 20.9. The number of rotatable bonds is 4. The molecule has 164 valence electrons. The number of amides is 2. The van der Waals surface area contributed by atoms with Gasteiger partial charge in [0.05, 0.1) is 11.6 Å². The minimum atomic E-state index is -2.52. The number of aliphatic hydroxyl groups is 1. The summed E-state index contributed by atoms with van der Waals surface area (Å²) in [6.45, 7) is 5.13. The predicted molar refractivity (Wildman–Crippen MR) is 103 cm³/mol. The van der Waals surface area contributed by atoms with E-state index < -0.39 is 5.92 Å². The highest BCUT2D eigenvalue weighted by Crippen LogP contribution is 2.43. The number of carbonyl (C=O) groups excluding carboxylic acids is 2. The van der Waals surface area contributed by atoms with Gasteiger partial charge in [0.25, 0.3) is 0 Å². The fraction of sp³-hybridized carbons (Fsp3) is 0.900. The Morgan fingerprint density at radius 3 is 2.45 bits per heavy atom. The maximum absolute atomic E-state index is 13.5. The van der Waals surface area contributed by atoms with Crippen molar-refractivity contribution in [3.05, 3.63) is 0 Å². The van der Waals surface area contributed by atoms with Crippen molar-refractivity contribution in [1.29, 1.82) is 0 Å². The van der Waals surface area contributed by atoms with E-state index in [1.165, 1.54) is 6.92 Å². The molecule has 0 aromatic rings. The van der Waals surface area contributed by atoms with Crippen LogP contribution in [0, 0.1) is 0 Å². The minimum Gasteiger partial charge on any atom is -0.392 e. The Hall–Kier alpha value is -1.32. The summed E-state index contributed by atoms with van der Waals surface area (Å²) in [5.41, 5.74) is -0.190. The van der Waals surface area contributed by atoms with E-state index in [1.54, 1.807) is 0 Å². The van der Waals surface area contributed by atoms with Gasteiger partial charge in [0, 0.05) is 77.5 Å². The molecule has 7 nitrogen and oxygen atoms in total. The Balaban J connectivity index is 1.39. The molecule has 4 aliphatic rings. The van der Waals surface area contributed by atoms with Crippen LogP contribution < -0.4 is 5.32 Å². The van der Waals surface area contributed by atoms with Crippen molar-refractivity contribution in [3.8, 4) is 0 Å². The number of nitrogens with zero attached hydrogens (tertiary/aromatic N) is 3. The molecular weight excluding hydrogens is 382 g/mol. The second-order valence-electron chi connectivity index (χ2n) is 9.42. The zero-order chi connectivity index (χ0) is 20.8. The normalized spacial score (nSPS) is 32.1. The third kappa shape index (κ3) is 4.27. The first-order valence-corrected chi connectivity index (χ1v) is 10.8. The molecule has 2 N–H and O–H groups in total. The van der Waals surface area contributed by atoms with Crippen LogP contribution >= 0.6 is 0 Å². The summed E-state index contributed by atoms with van der Waals surface area (Å²) in [5.74, 6) is -2.65. The number of fused-ring (bicyclic) bond motifs is 2. The lowest BCUT2D eigenvalue weighted by atomic mass is 9.80. The Bertz CT molecular complexity index is 646. The first-order chi connectivity index (χ1) is 13.7. The molecule has 1 aliphatic carbocycles. The van der Waals surface area contributed by atoms with Crippen molar-refractivity contribution in [2.75, 3.05) is 39.3 Å². The van der Waals surface area contributed by atoms with Crippen molar-refractivity contribution < 1.29 is 23.5 Å². The van der Waals surface area contributed by atoms with Crippen LogP contribution in [-0.2, 0) is 9.59 Å². The standard InChI is InChI=1S/C20H32F2N4O3/c1-14(27)23-7-4-18(29)24-9-16-8-17(28)10-26(16)19(11-24)12-25(13-19)15-2-5-20(21,22)6-3-15/h15-17,28H,2-13H2,1H3,(H,23,27)/t16-,17+/m0/s1. The fourth-order valence-corrected chi connectivity index (χ4v) is 5.74. The van der Waals surface area contributed by atoms with Crippen LogP contribution in [0.15, 0.2) is 0 Å². The number of alkyl halides is 2. The molecule has 2 amide bonds. The van der Waals surface area contributed by atoms with E-state index in [4.69, 9.17) is 0 Å². The van der Waals surface area contributed by atoms with E-state index in [-0.39, 0.29) is 54.8 Å². The third-order valence-electron chi connectivity index (χ3n) is 7.18. The monoisotopic (exact) mass is 414 g/mol. The van der Waals surface area contributed by atoms with E-state index >= 15 is 0 Å². The third-order valence-corrected chi connectivity index (χ3v) is 7.18. The summed E-state index contributed by atoms with van der Waals surface area (Å²) in [6.07, 6.45) is 1.51. The molecule has 4 rings (SSSR count). The zero-order valence-corrected chi connectivity index (χ0v) is 17.1. The van der Waals surface area contributed by atoms with Crippen molar-refractivity contribution in [2.45, 2.75) is 75.1 Å². The summed E-state index contributed by atoms with van der Waals surface area (Å²) in [7, 11) is 0. The van der Waals surface area contributed by atoms with Crippen LogP contribution in [0.4, 0.5) is 8.78 Å². The van der Waals surface area contributed by atoms with E-state index in [0.717, 1.165) is 13.1 Å². The molecular formula is C20H32F2N4O3. The molecule has 3 saturated heterocycles. The summed E-state index contributed by atoms with van der Waals surface area (Å²) in [6, 6.07) is 0.332. The minimum absolute atomic E-state index is 0.0231. The van der Waals surface area contributed by atoms with Gasteiger partial charge in [0.15, 0.2) is 0 Å². The number of piperazine rings is 1. The van der Waals surface area contributed by atoms with Gasteiger partial charge in [-0.05, 0) is 19.3 Å². The second-order valence-corrected chi connectivity index (χ2v) is 9.42. The number of likely N-dealkylation sites (tertiary alicyclic amines) is 1. The second kappa shape index (κ2) is 7.74. The van der Waals surface area contributed by atoms with Gasteiger partial charge in [-0.15, -0.1) is 0 Å². The van der Waals surface area contributed by atoms with E-state index in [1.807, 2.05) is 4.90 Å². The Morgan fingerprint density at radius 1 is 1.10 bits per heavy atom. The molecule has 0 radical (unpaired) electrons. The average molecular weight is 414 g/mol. The van der Waals surface area contributed by atoms with Gasteiger partial charge < -0.3 is 15.3 Å². The quantitative estimate of drug-likeness (QED) is 0.698. The van der Waals surface area contributed by atoms with Crippen LogP contribution in [0.1, 0.15) is 45.4 Å². The highest BCUT2D eigenvalue weighted by molar-refractivity contribution is 5.78. The summed E-state index contributed by atoms with van der Waals surface area (Å²) in [5, 5.41) is 12.9. The summed E-state index contributed by atoms with van der Waals surface area (Å²) >= 11 is 0. The van der Waals surface area contributed by atoms with Crippen LogP contribution in [0.2, 0.25) is 0 Å². The van der Waals surface area contributed by atoms with Crippen molar-refractivity contribution in [1.82, 2.24) is 20.0 Å². The summed E-state index contributed by atoms with van der Waals surface area (Å²) in [4.78, 5) is 30.3. The molecule has 29 heavy (non-hydrogen) atoms. The van der Waals surface area contributed by atoms with Crippen LogP contribution in [0.5, 0.6) is 0 Å². The van der Waals surface area contributed by atoms with Gasteiger partial charge in [-0.1, -0.05) is 0 Å². The van der Waals surface area contributed by atoms with Crippen molar-refractivity contribution >= 4 is 11.8 Å². The topological polar surface area (TPSA) is 76.1 Å². The average Bonchev–Trinajstić information content (AvgIpc) is 2.99. The number of nitrogens with one attached hydrogen (secondary N) is 1. The Morgan fingerprint density at radius 2 is 1.79 bits per heavy atom. The number of aliphatic hydroxyl groups excluding tert-OH is 1. The smallest absolute Gasteiger partial charge is 0.248 e. The molecule has 4 fully saturated rings. The lowest BCUT2D eigenvalue weighted by Gasteiger charge is -2.63. The Labute approximate surface area is 170 Å². The molecule has 1 saturated carbocycles. The number of hydrogen-bond acceptors (Lipinski definition) is 5. The zero-order valence-electron chi connectivity index (χ0n) is 17.1. The largest absolute Gasteiger partial charge is 0.392 e. The summed E-state index contributed by atoms with van der Waals surface area (Å²) < 4.78 is 27.0. The number of hydrogen-bond donors (Lipinski definition) is 2. The fourth-order valence-electron chi connectivity index (χ4n) is 5.74. The van der Waals surface area contributed by atoms with Gasteiger partial charge in [0.1, 0.15) is 0 Å². The van der Waals surface area contributed by atoms with Crippen LogP contribution in [-0.4, -0.2) is 101 Å². The lowest BCUT2D eigenvalue weighted by molar-refractivity contribution is -0.158. The Kier molecular flexibility index (Phi) is 5.59. The molecule has 0 bridgehead atoms.